The maximum absolute atomic E-state index is 11.2. The second kappa shape index (κ2) is 7.68. The second-order valence-corrected chi connectivity index (χ2v) is 6.00. The Bertz CT molecular complexity index is 354. The van der Waals surface area contributed by atoms with Crippen LogP contribution < -0.4 is 11.1 Å². The van der Waals surface area contributed by atoms with Gasteiger partial charge in [0.1, 0.15) is 4.34 Å². The quantitative estimate of drug-likeness (QED) is 0.709. The number of nitrogens with two attached hydrogens (primary N) is 1. The fourth-order valence-electron chi connectivity index (χ4n) is 1.33. The van der Waals surface area contributed by atoms with Crippen molar-refractivity contribution in [2.75, 3.05) is 12.3 Å². The third-order valence-corrected chi connectivity index (χ3v) is 4.39. The summed E-state index contributed by atoms with van der Waals surface area (Å²) in [5, 5.41) is 5.19. The molecule has 4 nitrogen and oxygen atoms in total. The van der Waals surface area contributed by atoms with Gasteiger partial charge in [-0.25, -0.2) is 4.98 Å². The fraction of sp³-hybridized carbons (Fsp3) is 0.636. The average Bonchev–Trinajstić information content (AvgIpc) is 2.68. The average molecular weight is 273 g/mol. The summed E-state index contributed by atoms with van der Waals surface area (Å²) >= 11 is 3.32. The number of carbonyl (C=O) groups is 1. The molecule has 96 valence electrons. The van der Waals surface area contributed by atoms with E-state index in [0.29, 0.717) is 0 Å². The monoisotopic (exact) mass is 273 g/mol. The molecule has 1 amide bonds. The van der Waals surface area contributed by atoms with Gasteiger partial charge >= 0.3 is 0 Å². The van der Waals surface area contributed by atoms with Crippen LogP contribution in [0.2, 0.25) is 0 Å². The smallest absolute Gasteiger partial charge is 0.234 e. The molecule has 0 aliphatic heterocycles. The van der Waals surface area contributed by atoms with E-state index in [-0.39, 0.29) is 11.9 Å². The fourth-order valence-corrected chi connectivity index (χ4v) is 3.25. The Morgan fingerprint density at radius 3 is 3.00 bits per heavy atom. The van der Waals surface area contributed by atoms with Gasteiger partial charge < -0.3 is 11.1 Å². The number of hydrogen-bond donors (Lipinski definition) is 2. The Hall–Kier alpha value is -0.590. The van der Waals surface area contributed by atoms with Gasteiger partial charge in [-0.2, -0.15) is 0 Å². The summed E-state index contributed by atoms with van der Waals surface area (Å²) in [4.78, 5) is 15.5. The number of carbonyl (C=O) groups excluding carboxylic acids is 1. The van der Waals surface area contributed by atoms with Gasteiger partial charge in [-0.1, -0.05) is 18.7 Å². The van der Waals surface area contributed by atoms with E-state index in [1.165, 1.54) is 0 Å². The van der Waals surface area contributed by atoms with Crippen LogP contribution in [-0.2, 0) is 4.79 Å². The highest BCUT2D eigenvalue weighted by atomic mass is 32.2. The molecule has 3 N–H and O–H groups in total. The summed E-state index contributed by atoms with van der Waals surface area (Å²) in [7, 11) is 0. The molecule has 0 bridgehead atoms. The zero-order valence-electron chi connectivity index (χ0n) is 10.2. The molecule has 0 radical (unpaired) electrons. The minimum absolute atomic E-state index is 0.219. The van der Waals surface area contributed by atoms with Gasteiger partial charge in [0, 0.05) is 16.8 Å². The Kier molecular flexibility index (Phi) is 6.54. The molecule has 0 saturated heterocycles. The van der Waals surface area contributed by atoms with Crippen molar-refractivity contribution in [3.05, 3.63) is 11.1 Å². The lowest BCUT2D eigenvalue weighted by Gasteiger charge is -2.13. The van der Waals surface area contributed by atoms with E-state index in [1.807, 2.05) is 12.3 Å². The summed E-state index contributed by atoms with van der Waals surface area (Å²) < 4.78 is 1.06. The highest BCUT2D eigenvalue weighted by molar-refractivity contribution is 8.01. The minimum atomic E-state index is -0.269. The van der Waals surface area contributed by atoms with Crippen LogP contribution in [0.3, 0.4) is 0 Å². The summed E-state index contributed by atoms with van der Waals surface area (Å²) in [6, 6.07) is -0.219. The highest BCUT2D eigenvalue weighted by Gasteiger charge is 2.13. The number of thioether (sulfide) groups is 1. The van der Waals surface area contributed by atoms with E-state index < -0.39 is 0 Å². The first kappa shape index (κ1) is 14.5. The summed E-state index contributed by atoms with van der Waals surface area (Å²) in [5.74, 6) is 0.589. The molecule has 1 heterocycles. The van der Waals surface area contributed by atoms with Crippen molar-refractivity contribution in [2.24, 2.45) is 5.73 Å². The predicted molar refractivity (Wildman–Crippen MR) is 73.5 cm³/mol. The van der Waals surface area contributed by atoms with Crippen molar-refractivity contribution in [2.45, 2.75) is 37.1 Å². The molecule has 17 heavy (non-hydrogen) atoms. The Balaban J connectivity index is 2.29. The van der Waals surface area contributed by atoms with Crippen LogP contribution in [0.4, 0.5) is 0 Å². The minimum Gasteiger partial charge on any atom is -0.368 e. The summed E-state index contributed by atoms with van der Waals surface area (Å²) in [6.45, 7) is 4.88. The van der Waals surface area contributed by atoms with Crippen molar-refractivity contribution in [1.29, 1.82) is 0 Å². The van der Waals surface area contributed by atoms with Crippen LogP contribution in [0.15, 0.2) is 9.72 Å². The summed E-state index contributed by atoms with van der Waals surface area (Å²) in [5.41, 5.74) is 6.39. The lowest BCUT2D eigenvalue weighted by atomic mass is 10.2. The number of aromatic nitrogens is 1. The lowest BCUT2D eigenvalue weighted by Crippen LogP contribution is -2.41. The number of hydrogen-bond acceptors (Lipinski definition) is 5. The number of primary amides is 1. The van der Waals surface area contributed by atoms with Gasteiger partial charge in [0.25, 0.3) is 0 Å². The van der Waals surface area contributed by atoms with Crippen LogP contribution in [-0.4, -0.2) is 29.2 Å². The van der Waals surface area contributed by atoms with Crippen molar-refractivity contribution < 1.29 is 4.79 Å². The maximum atomic E-state index is 11.2. The van der Waals surface area contributed by atoms with E-state index in [1.54, 1.807) is 23.1 Å². The first-order chi connectivity index (χ1) is 8.13. The van der Waals surface area contributed by atoms with E-state index >= 15 is 0 Å². The molecule has 0 fully saturated rings. The third-order valence-electron chi connectivity index (χ3n) is 2.21. The van der Waals surface area contributed by atoms with Crippen LogP contribution in [0, 0.1) is 6.92 Å². The van der Waals surface area contributed by atoms with Crippen LogP contribution in [0.25, 0.3) is 0 Å². The molecule has 0 spiro atoms. The molecule has 6 heteroatoms. The molecule has 1 aromatic rings. The van der Waals surface area contributed by atoms with E-state index in [0.717, 1.165) is 35.2 Å². The van der Waals surface area contributed by atoms with Crippen molar-refractivity contribution in [3.63, 3.8) is 0 Å². The van der Waals surface area contributed by atoms with Gasteiger partial charge in [0.2, 0.25) is 5.91 Å². The number of amides is 1. The predicted octanol–water partition coefficient (Wildman–Crippen LogP) is 1.79. The van der Waals surface area contributed by atoms with Crippen LogP contribution in [0.1, 0.15) is 25.5 Å². The Labute approximate surface area is 110 Å². The second-order valence-electron chi connectivity index (χ2n) is 3.80. The summed E-state index contributed by atoms with van der Waals surface area (Å²) in [6.07, 6.45) is 1.75. The first-order valence-electron chi connectivity index (χ1n) is 5.71. The largest absolute Gasteiger partial charge is 0.368 e. The van der Waals surface area contributed by atoms with Gasteiger partial charge in [-0.05, 0) is 26.3 Å². The Morgan fingerprint density at radius 1 is 1.71 bits per heavy atom. The van der Waals surface area contributed by atoms with Gasteiger partial charge in [0.05, 0.1) is 6.04 Å². The molecule has 1 unspecified atom stereocenters. The number of aryl methyl sites for hydroxylation is 1. The third kappa shape index (κ3) is 5.52. The van der Waals surface area contributed by atoms with Crippen molar-refractivity contribution >= 4 is 29.0 Å². The van der Waals surface area contributed by atoms with Crippen molar-refractivity contribution in [1.82, 2.24) is 10.3 Å². The Morgan fingerprint density at radius 2 is 2.47 bits per heavy atom. The normalized spacial score (nSPS) is 12.6. The number of nitrogens with one attached hydrogen (secondary N) is 1. The molecule has 1 rings (SSSR count). The van der Waals surface area contributed by atoms with Gasteiger partial charge in [-0.3, -0.25) is 4.79 Å². The van der Waals surface area contributed by atoms with E-state index in [4.69, 9.17) is 5.73 Å². The van der Waals surface area contributed by atoms with E-state index in [2.05, 4.69) is 17.2 Å². The van der Waals surface area contributed by atoms with Crippen LogP contribution in [0.5, 0.6) is 0 Å². The van der Waals surface area contributed by atoms with Gasteiger partial charge in [-0.15, -0.1) is 11.3 Å². The van der Waals surface area contributed by atoms with Crippen LogP contribution >= 0.6 is 23.1 Å². The number of nitrogens with zero attached hydrogens (tertiary/aromatic N) is 1. The lowest BCUT2D eigenvalue weighted by molar-refractivity contribution is -0.120. The molecule has 0 saturated carbocycles. The van der Waals surface area contributed by atoms with Gasteiger partial charge in [0.15, 0.2) is 0 Å². The number of thiazole rings is 1. The molecule has 1 atom stereocenters. The van der Waals surface area contributed by atoms with Crippen molar-refractivity contribution in [3.8, 4) is 0 Å². The maximum Gasteiger partial charge on any atom is 0.234 e. The molecular weight excluding hydrogens is 254 g/mol. The standard InChI is InChI=1S/C11H19N3OS2/c1-3-5-13-9(10(12)15)4-6-16-11-14-8(2)7-17-11/h7,9,13H,3-6H2,1-2H3,(H2,12,15). The zero-order valence-corrected chi connectivity index (χ0v) is 11.9. The highest BCUT2D eigenvalue weighted by Crippen LogP contribution is 2.23. The molecule has 0 aliphatic carbocycles. The topological polar surface area (TPSA) is 68.0 Å². The van der Waals surface area contributed by atoms with E-state index in [9.17, 15) is 4.79 Å². The zero-order chi connectivity index (χ0) is 12.7. The number of rotatable bonds is 8. The molecule has 1 aromatic heterocycles. The SMILES string of the molecule is CCCNC(CCSc1nc(C)cs1)C(N)=O. The first-order valence-corrected chi connectivity index (χ1v) is 7.57. The molecular formula is C11H19N3OS2. The molecule has 0 aliphatic rings. The molecule has 0 aromatic carbocycles.